The van der Waals surface area contributed by atoms with E-state index in [4.69, 9.17) is 14.2 Å². The molecule has 0 N–H and O–H groups in total. The fraction of sp³-hybridized carbons (Fsp3) is 0.742. The Morgan fingerprint density at radius 1 is 0.292 bits per heavy atom. The van der Waals surface area contributed by atoms with E-state index in [-0.39, 0.29) is 37.5 Å². The molecule has 1 unspecified atom stereocenters. The van der Waals surface area contributed by atoms with Gasteiger partial charge in [-0.1, -0.05) is 286 Å². The molecule has 0 saturated carbocycles. The quantitative estimate of drug-likeness (QED) is 0.0199. The van der Waals surface area contributed by atoms with Crippen LogP contribution in [0.2, 0.25) is 0 Å². The van der Waals surface area contributed by atoms with Crippen molar-refractivity contribution in [2.24, 2.45) is 0 Å². The van der Waals surface area contributed by atoms with E-state index in [1.165, 1.54) is 167 Å². The Morgan fingerprint density at radius 2 is 0.569 bits per heavy atom. The lowest BCUT2D eigenvalue weighted by Gasteiger charge is -2.18. The van der Waals surface area contributed by atoms with Crippen molar-refractivity contribution in [1.29, 1.82) is 0 Å². The first kappa shape index (κ1) is 68.6. The zero-order chi connectivity index (χ0) is 52.2. The SMILES string of the molecule is CCCCC\C=C/C=C\C=C/C=C\CCCCCCCC(=O)OC(COC(=O)CCC/C=C\C/C=C\C/C=C\CCCCCCCC)COC(=O)CCCCCCCCCCCCCCCCCCCCC. The molecule has 0 fully saturated rings. The molecule has 0 bridgehead atoms. The van der Waals surface area contributed by atoms with Gasteiger partial charge in [0.15, 0.2) is 6.10 Å². The third-order valence-corrected chi connectivity index (χ3v) is 13.2. The van der Waals surface area contributed by atoms with Crippen LogP contribution in [0, 0.1) is 0 Å². The highest BCUT2D eigenvalue weighted by atomic mass is 16.6. The summed E-state index contributed by atoms with van der Waals surface area (Å²) < 4.78 is 16.8. The molecular weight excluding hydrogens is 889 g/mol. The number of ether oxygens (including phenoxy) is 3. The van der Waals surface area contributed by atoms with Gasteiger partial charge in [0.05, 0.1) is 0 Å². The van der Waals surface area contributed by atoms with Crippen molar-refractivity contribution < 1.29 is 28.6 Å². The monoisotopic (exact) mass is 1000 g/mol. The third-order valence-electron chi connectivity index (χ3n) is 13.2. The van der Waals surface area contributed by atoms with Crippen LogP contribution in [0.1, 0.15) is 297 Å². The van der Waals surface area contributed by atoms with Crippen LogP contribution in [-0.2, 0) is 28.6 Å². The molecule has 72 heavy (non-hydrogen) atoms. The summed E-state index contributed by atoms with van der Waals surface area (Å²) in [6.07, 6.45) is 78.7. The minimum Gasteiger partial charge on any atom is -0.462 e. The number of esters is 3. The van der Waals surface area contributed by atoms with Crippen molar-refractivity contribution in [2.75, 3.05) is 13.2 Å². The summed E-state index contributed by atoms with van der Waals surface area (Å²) in [4.78, 5) is 38.2. The van der Waals surface area contributed by atoms with Crippen molar-refractivity contribution in [3.63, 3.8) is 0 Å². The first-order valence-corrected chi connectivity index (χ1v) is 30.6. The number of carbonyl (C=O) groups is 3. The fourth-order valence-electron chi connectivity index (χ4n) is 8.59. The summed E-state index contributed by atoms with van der Waals surface area (Å²) in [6.45, 7) is 6.56. The molecule has 0 aromatic carbocycles. The molecule has 0 aromatic heterocycles. The van der Waals surface area contributed by atoms with E-state index in [0.29, 0.717) is 19.3 Å². The Bertz CT molecular complexity index is 1380. The van der Waals surface area contributed by atoms with Gasteiger partial charge < -0.3 is 14.2 Å². The van der Waals surface area contributed by atoms with Crippen molar-refractivity contribution in [3.05, 3.63) is 85.1 Å². The molecule has 0 heterocycles. The van der Waals surface area contributed by atoms with Crippen LogP contribution in [-0.4, -0.2) is 37.2 Å². The largest absolute Gasteiger partial charge is 0.462 e. The second-order valence-electron chi connectivity index (χ2n) is 20.4. The lowest BCUT2D eigenvalue weighted by Crippen LogP contribution is -2.30. The van der Waals surface area contributed by atoms with Crippen molar-refractivity contribution in [2.45, 2.75) is 303 Å². The van der Waals surface area contributed by atoms with Crippen LogP contribution in [0.3, 0.4) is 0 Å². The van der Waals surface area contributed by atoms with Crippen LogP contribution in [0.25, 0.3) is 0 Å². The summed E-state index contributed by atoms with van der Waals surface area (Å²) in [5.74, 6) is -0.967. The van der Waals surface area contributed by atoms with E-state index < -0.39 is 6.10 Å². The Balaban J connectivity index is 4.48. The van der Waals surface area contributed by atoms with Gasteiger partial charge in [0, 0.05) is 19.3 Å². The van der Waals surface area contributed by atoms with E-state index in [1.54, 1.807) is 0 Å². The number of unbranched alkanes of at least 4 members (excludes halogenated alkanes) is 33. The molecular formula is C66H114O6. The average molecular weight is 1000 g/mol. The van der Waals surface area contributed by atoms with Crippen LogP contribution < -0.4 is 0 Å². The highest BCUT2D eigenvalue weighted by Gasteiger charge is 2.19. The predicted molar refractivity (Wildman–Crippen MR) is 311 cm³/mol. The van der Waals surface area contributed by atoms with Gasteiger partial charge in [-0.2, -0.15) is 0 Å². The highest BCUT2D eigenvalue weighted by Crippen LogP contribution is 2.16. The Morgan fingerprint density at radius 3 is 0.986 bits per heavy atom. The third kappa shape index (κ3) is 57.5. The normalized spacial score (nSPS) is 12.7. The Kier molecular flexibility index (Phi) is 57.3. The zero-order valence-electron chi connectivity index (χ0n) is 47.4. The lowest BCUT2D eigenvalue weighted by atomic mass is 10.0. The maximum absolute atomic E-state index is 12.9. The number of hydrogen-bond acceptors (Lipinski definition) is 6. The second kappa shape index (κ2) is 60.1. The second-order valence-corrected chi connectivity index (χ2v) is 20.4. The molecule has 0 aromatic rings. The van der Waals surface area contributed by atoms with Crippen molar-refractivity contribution in [3.8, 4) is 0 Å². The number of hydrogen-bond donors (Lipinski definition) is 0. The molecule has 0 amide bonds. The molecule has 6 heteroatoms. The summed E-state index contributed by atoms with van der Waals surface area (Å²) >= 11 is 0. The molecule has 0 radical (unpaired) electrons. The van der Waals surface area contributed by atoms with Crippen LogP contribution in [0.5, 0.6) is 0 Å². The van der Waals surface area contributed by atoms with Gasteiger partial charge in [-0.05, 0) is 77.0 Å². The van der Waals surface area contributed by atoms with Crippen molar-refractivity contribution in [1.82, 2.24) is 0 Å². The van der Waals surface area contributed by atoms with Crippen LogP contribution in [0.4, 0.5) is 0 Å². The molecule has 0 aliphatic rings. The Hall–Kier alpha value is -3.41. The molecule has 0 aliphatic carbocycles. The number of rotatable bonds is 55. The lowest BCUT2D eigenvalue weighted by molar-refractivity contribution is -0.167. The minimum absolute atomic E-state index is 0.0999. The van der Waals surface area contributed by atoms with Crippen LogP contribution >= 0.6 is 0 Å². The molecule has 0 saturated heterocycles. The topological polar surface area (TPSA) is 78.9 Å². The minimum atomic E-state index is -0.809. The van der Waals surface area contributed by atoms with Gasteiger partial charge in [-0.25, -0.2) is 0 Å². The molecule has 0 rings (SSSR count). The van der Waals surface area contributed by atoms with Gasteiger partial charge in [0.2, 0.25) is 0 Å². The smallest absolute Gasteiger partial charge is 0.306 e. The van der Waals surface area contributed by atoms with Crippen molar-refractivity contribution >= 4 is 17.9 Å². The summed E-state index contributed by atoms with van der Waals surface area (Å²) in [7, 11) is 0. The van der Waals surface area contributed by atoms with E-state index >= 15 is 0 Å². The van der Waals surface area contributed by atoms with E-state index in [9.17, 15) is 14.4 Å². The molecule has 0 aliphatic heterocycles. The highest BCUT2D eigenvalue weighted by molar-refractivity contribution is 5.71. The summed E-state index contributed by atoms with van der Waals surface area (Å²) in [5.41, 5.74) is 0. The molecule has 6 nitrogen and oxygen atoms in total. The van der Waals surface area contributed by atoms with Gasteiger partial charge in [0.25, 0.3) is 0 Å². The molecule has 1 atom stereocenters. The van der Waals surface area contributed by atoms with E-state index in [1.807, 2.05) is 0 Å². The van der Waals surface area contributed by atoms with Crippen LogP contribution in [0.15, 0.2) is 85.1 Å². The zero-order valence-corrected chi connectivity index (χ0v) is 47.4. The first-order chi connectivity index (χ1) is 35.5. The molecule has 0 spiro atoms. The number of allylic oxidation sites excluding steroid dienone is 14. The summed E-state index contributed by atoms with van der Waals surface area (Å²) in [5, 5.41) is 0. The maximum Gasteiger partial charge on any atom is 0.306 e. The molecule has 414 valence electrons. The van der Waals surface area contributed by atoms with Gasteiger partial charge in [-0.3, -0.25) is 14.4 Å². The van der Waals surface area contributed by atoms with E-state index in [2.05, 4.69) is 106 Å². The number of carbonyl (C=O) groups excluding carboxylic acids is 3. The van der Waals surface area contributed by atoms with E-state index in [0.717, 1.165) is 83.5 Å². The average Bonchev–Trinajstić information content (AvgIpc) is 3.38. The summed E-state index contributed by atoms with van der Waals surface area (Å²) in [6, 6.07) is 0. The standard InChI is InChI=1S/C66H114O6/c1-4-7-10-13-16-19-22-25-28-31-33-36-38-41-44-47-50-53-56-59-65(68)71-62-63(61-70-64(67)58-55-52-49-46-43-40-37-34-30-27-24-21-18-15-12-9-6-3)72-66(69)60-57-54-51-48-45-42-39-35-32-29-26-23-20-17-14-11-8-5-2/h17,20,23,26-27,29-30,32,35,37,39-40,46,49,63H,4-16,18-19,21-22,24-25,28,31,33-34,36,38,41-45,47-48,50-62H2,1-3H3/b20-17-,26-23-,30-27-,32-29-,39-35-,40-37-,49-46-. The first-order valence-electron chi connectivity index (χ1n) is 30.6. The fourth-order valence-corrected chi connectivity index (χ4v) is 8.59. The predicted octanol–water partition coefficient (Wildman–Crippen LogP) is 20.7. The van der Waals surface area contributed by atoms with Gasteiger partial charge >= 0.3 is 17.9 Å². The maximum atomic E-state index is 12.9. The van der Waals surface area contributed by atoms with Gasteiger partial charge in [-0.15, -0.1) is 0 Å². The Labute approximate surface area is 445 Å². The van der Waals surface area contributed by atoms with Gasteiger partial charge in [0.1, 0.15) is 13.2 Å².